The van der Waals surface area contributed by atoms with Crippen molar-refractivity contribution in [3.8, 4) is 6.07 Å². The van der Waals surface area contributed by atoms with Crippen LogP contribution in [0.4, 0.5) is 0 Å². The van der Waals surface area contributed by atoms with Crippen molar-refractivity contribution in [3.63, 3.8) is 0 Å². The minimum Gasteiger partial charge on any atom is -0.320 e. The van der Waals surface area contributed by atoms with E-state index in [1.165, 1.54) is 0 Å². The van der Waals surface area contributed by atoms with Crippen LogP contribution in [0.25, 0.3) is 0 Å². The molecule has 1 heterocycles. The van der Waals surface area contributed by atoms with Gasteiger partial charge in [0.05, 0.1) is 11.6 Å². The molecule has 0 saturated carbocycles. The molecule has 1 atom stereocenters. The van der Waals surface area contributed by atoms with Crippen LogP contribution in [0.2, 0.25) is 0 Å². The molecule has 2 rings (SSSR count). The molecule has 1 aliphatic rings. The molecule has 1 aromatic carbocycles. The first kappa shape index (κ1) is 13.5. The van der Waals surface area contributed by atoms with Crippen LogP contribution in [0.3, 0.4) is 0 Å². The fourth-order valence-electron chi connectivity index (χ4n) is 1.88. The van der Waals surface area contributed by atoms with Gasteiger partial charge < -0.3 is 10.2 Å². The van der Waals surface area contributed by atoms with Crippen molar-refractivity contribution in [2.75, 3.05) is 19.6 Å². The Kier molecular flexibility index (Phi) is 4.38. The molecule has 1 fully saturated rings. The number of nitrogens with one attached hydrogen (secondary N) is 1. The normalized spacial score (nSPS) is 19.4. The Labute approximate surface area is 122 Å². The van der Waals surface area contributed by atoms with Gasteiger partial charge in [0, 0.05) is 28.6 Å². The van der Waals surface area contributed by atoms with E-state index in [9.17, 15) is 4.79 Å². The standard InChI is InChI=1S/C12H11Br2N3O/c13-8-1-2-11(14)10(5-8)12(18)17-4-3-16-7-9(17)6-15/h1-2,5,9,16H,3-4,7H2. The third-order valence-corrected chi connectivity index (χ3v) is 4.00. The third kappa shape index (κ3) is 2.74. The number of halogens is 2. The maximum Gasteiger partial charge on any atom is 0.256 e. The van der Waals surface area contributed by atoms with Gasteiger partial charge in [-0.1, -0.05) is 15.9 Å². The van der Waals surface area contributed by atoms with Crippen molar-refractivity contribution in [1.82, 2.24) is 10.2 Å². The molecule has 1 N–H and O–H groups in total. The molecule has 94 valence electrons. The molecule has 1 unspecified atom stereocenters. The molecule has 6 heteroatoms. The highest BCUT2D eigenvalue weighted by atomic mass is 79.9. The Morgan fingerprint density at radius 2 is 2.28 bits per heavy atom. The van der Waals surface area contributed by atoms with Gasteiger partial charge in [0.15, 0.2) is 0 Å². The third-order valence-electron chi connectivity index (χ3n) is 2.81. The Morgan fingerprint density at radius 3 is 3.00 bits per heavy atom. The molecular weight excluding hydrogens is 362 g/mol. The molecule has 1 amide bonds. The van der Waals surface area contributed by atoms with Gasteiger partial charge >= 0.3 is 0 Å². The maximum atomic E-state index is 12.4. The highest BCUT2D eigenvalue weighted by Crippen LogP contribution is 2.23. The minimum absolute atomic E-state index is 0.115. The first-order chi connectivity index (χ1) is 8.63. The van der Waals surface area contributed by atoms with Crippen LogP contribution in [0, 0.1) is 11.3 Å². The van der Waals surface area contributed by atoms with Gasteiger partial charge in [-0.3, -0.25) is 4.79 Å². The highest BCUT2D eigenvalue weighted by Gasteiger charge is 2.28. The summed E-state index contributed by atoms with van der Waals surface area (Å²) in [7, 11) is 0. The van der Waals surface area contributed by atoms with E-state index in [1.54, 1.807) is 11.0 Å². The lowest BCUT2D eigenvalue weighted by Gasteiger charge is -2.32. The molecule has 0 bridgehead atoms. The van der Waals surface area contributed by atoms with E-state index < -0.39 is 6.04 Å². The number of hydrogen-bond donors (Lipinski definition) is 1. The first-order valence-corrected chi connectivity index (χ1v) is 7.08. The van der Waals surface area contributed by atoms with Crippen LogP contribution in [0.5, 0.6) is 0 Å². The van der Waals surface area contributed by atoms with Crippen molar-refractivity contribution in [3.05, 3.63) is 32.7 Å². The Morgan fingerprint density at radius 1 is 1.50 bits per heavy atom. The number of piperazine rings is 1. The zero-order valence-corrected chi connectivity index (χ0v) is 12.7. The van der Waals surface area contributed by atoms with Gasteiger partial charge in [0.2, 0.25) is 0 Å². The number of benzene rings is 1. The Balaban J connectivity index is 2.30. The van der Waals surface area contributed by atoms with E-state index in [1.807, 2.05) is 12.1 Å². The summed E-state index contributed by atoms with van der Waals surface area (Å²) in [5.74, 6) is -0.115. The van der Waals surface area contributed by atoms with E-state index >= 15 is 0 Å². The first-order valence-electron chi connectivity index (χ1n) is 5.50. The van der Waals surface area contributed by atoms with Gasteiger partial charge in [0.1, 0.15) is 6.04 Å². The van der Waals surface area contributed by atoms with Gasteiger partial charge in [-0.15, -0.1) is 0 Å². The summed E-state index contributed by atoms with van der Waals surface area (Å²) in [5, 5.41) is 12.2. The molecule has 1 aromatic rings. The summed E-state index contributed by atoms with van der Waals surface area (Å²) >= 11 is 6.72. The molecule has 1 aliphatic heterocycles. The summed E-state index contributed by atoms with van der Waals surface area (Å²) < 4.78 is 1.59. The lowest BCUT2D eigenvalue weighted by molar-refractivity contribution is 0.0686. The van der Waals surface area contributed by atoms with Gasteiger partial charge in [-0.05, 0) is 34.1 Å². The summed E-state index contributed by atoms with van der Waals surface area (Å²) in [6, 6.07) is 7.20. The number of hydrogen-bond acceptors (Lipinski definition) is 3. The second-order valence-electron chi connectivity index (χ2n) is 3.97. The van der Waals surface area contributed by atoms with Crippen LogP contribution in [0.15, 0.2) is 27.1 Å². The largest absolute Gasteiger partial charge is 0.320 e. The van der Waals surface area contributed by atoms with Gasteiger partial charge in [-0.25, -0.2) is 0 Å². The quantitative estimate of drug-likeness (QED) is 0.821. The smallest absolute Gasteiger partial charge is 0.256 e. The number of amides is 1. The van der Waals surface area contributed by atoms with Gasteiger partial charge in [0.25, 0.3) is 5.91 Å². The van der Waals surface area contributed by atoms with Crippen LogP contribution >= 0.6 is 31.9 Å². The Bertz CT molecular complexity index is 513. The van der Waals surface area contributed by atoms with Crippen molar-refractivity contribution in [2.45, 2.75) is 6.04 Å². The minimum atomic E-state index is -0.405. The van der Waals surface area contributed by atoms with Crippen LogP contribution in [-0.2, 0) is 0 Å². The summed E-state index contributed by atoms with van der Waals surface area (Å²) in [4.78, 5) is 14.1. The van der Waals surface area contributed by atoms with Crippen molar-refractivity contribution >= 4 is 37.8 Å². The summed E-state index contributed by atoms with van der Waals surface area (Å²) in [6.45, 7) is 1.79. The number of carbonyl (C=O) groups is 1. The second-order valence-corrected chi connectivity index (χ2v) is 5.74. The molecule has 18 heavy (non-hydrogen) atoms. The average molecular weight is 373 g/mol. The fraction of sp³-hybridized carbons (Fsp3) is 0.333. The van der Waals surface area contributed by atoms with Crippen LogP contribution in [-0.4, -0.2) is 36.5 Å². The Hall–Kier alpha value is -0.900. The van der Waals surface area contributed by atoms with Gasteiger partial charge in [-0.2, -0.15) is 5.26 Å². The highest BCUT2D eigenvalue weighted by molar-refractivity contribution is 9.11. The number of nitrogens with zero attached hydrogens (tertiary/aromatic N) is 2. The molecule has 0 aliphatic carbocycles. The van der Waals surface area contributed by atoms with E-state index in [2.05, 4.69) is 43.2 Å². The number of nitriles is 1. The van der Waals surface area contributed by atoms with E-state index in [0.717, 1.165) is 15.5 Å². The topological polar surface area (TPSA) is 56.1 Å². The molecule has 0 aromatic heterocycles. The van der Waals surface area contributed by atoms with E-state index in [-0.39, 0.29) is 5.91 Å². The lowest BCUT2D eigenvalue weighted by atomic mass is 10.1. The zero-order chi connectivity index (χ0) is 13.1. The van der Waals surface area contributed by atoms with Crippen molar-refractivity contribution < 1.29 is 4.79 Å². The number of rotatable bonds is 1. The second kappa shape index (κ2) is 5.83. The average Bonchev–Trinajstić information content (AvgIpc) is 2.40. The fourth-order valence-corrected chi connectivity index (χ4v) is 2.66. The van der Waals surface area contributed by atoms with E-state index in [0.29, 0.717) is 18.7 Å². The molecule has 0 radical (unpaired) electrons. The number of carbonyl (C=O) groups excluding carboxylic acids is 1. The molecule has 1 saturated heterocycles. The maximum absolute atomic E-state index is 12.4. The molecular formula is C12H11Br2N3O. The van der Waals surface area contributed by atoms with Crippen molar-refractivity contribution in [2.24, 2.45) is 0 Å². The zero-order valence-electron chi connectivity index (χ0n) is 9.49. The molecule has 0 spiro atoms. The monoisotopic (exact) mass is 371 g/mol. The summed E-state index contributed by atoms with van der Waals surface area (Å²) in [6.07, 6.45) is 0. The lowest BCUT2D eigenvalue weighted by Crippen LogP contribution is -2.53. The predicted molar refractivity (Wildman–Crippen MR) is 75.1 cm³/mol. The van der Waals surface area contributed by atoms with Crippen LogP contribution in [0.1, 0.15) is 10.4 Å². The summed E-state index contributed by atoms with van der Waals surface area (Å²) in [5.41, 5.74) is 0.575. The van der Waals surface area contributed by atoms with Crippen LogP contribution < -0.4 is 5.32 Å². The predicted octanol–water partition coefficient (Wildman–Crippen LogP) is 2.15. The SMILES string of the molecule is N#CC1CNCCN1C(=O)c1cc(Br)ccc1Br. The molecule has 4 nitrogen and oxygen atoms in total. The van der Waals surface area contributed by atoms with Crippen molar-refractivity contribution in [1.29, 1.82) is 5.26 Å². The van der Waals surface area contributed by atoms with E-state index in [4.69, 9.17) is 5.26 Å².